The smallest absolute Gasteiger partial charge is 0.407 e. The molecule has 1 rings (SSSR count). The van der Waals surface area contributed by atoms with E-state index in [4.69, 9.17) is 5.11 Å². The lowest BCUT2D eigenvalue weighted by molar-refractivity contribution is 0.106. The van der Waals surface area contributed by atoms with Gasteiger partial charge in [0.2, 0.25) is 0 Å². The van der Waals surface area contributed by atoms with Crippen LogP contribution in [0.15, 0.2) is 0 Å². The summed E-state index contributed by atoms with van der Waals surface area (Å²) in [6.45, 7) is 8.51. The van der Waals surface area contributed by atoms with Crippen LogP contribution in [0.25, 0.3) is 0 Å². The lowest BCUT2D eigenvalue weighted by Crippen LogP contribution is -2.45. The molecule has 0 bridgehead atoms. The first kappa shape index (κ1) is 11.3. The molecule has 1 amide bonds. The van der Waals surface area contributed by atoms with Crippen molar-refractivity contribution in [3.05, 3.63) is 0 Å². The number of rotatable bonds is 2. The van der Waals surface area contributed by atoms with Crippen LogP contribution >= 0.6 is 0 Å². The summed E-state index contributed by atoms with van der Waals surface area (Å²) in [5.41, 5.74) is 0.0288. The van der Waals surface area contributed by atoms with Crippen LogP contribution in [-0.4, -0.2) is 41.8 Å². The van der Waals surface area contributed by atoms with E-state index in [1.807, 2.05) is 0 Å². The zero-order valence-corrected chi connectivity index (χ0v) is 9.21. The zero-order valence-electron chi connectivity index (χ0n) is 9.21. The van der Waals surface area contributed by atoms with Crippen molar-refractivity contribution in [3.8, 4) is 0 Å². The van der Waals surface area contributed by atoms with Gasteiger partial charge in [-0.05, 0) is 18.4 Å². The Morgan fingerprint density at radius 3 is 2.57 bits per heavy atom. The summed E-state index contributed by atoms with van der Waals surface area (Å²) in [5.74, 6) is 0. The van der Waals surface area contributed by atoms with Crippen molar-refractivity contribution in [1.29, 1.82) is 0 Å². The second-order valence-electron chi connectivity index (χ2n) is 5.12. The van der Waals surface area contributed by atoms with Gasteiger partial charge in [-0.25, -0.2) is 4.79 Å². The van der Waals surface area contributed by atoms with Crippen molar-refractivity contribution in [2.45, 2.75) is 33.2 Å². The normalized spacial score (nSPS) is 22.4. The van der Waals surface area contributed by atoms with Gasteiger partial charge in [0.25, 0.3) is 0 Å². The van der Waals surface area contributed by atoms with Gasteiger partial charge in [0.05, 0.1) is 0 Å². The molecule has 1 heterocycles. The van der Waals surface area contributed by atoms with Gasteiger partial charge in [0.15, 0.2) is 0 Å². The van der Waals surface area contributed by atoms with Crippen LogP contribution in [0.2, 0.25) is 0 Å². The quantitative estimate of drug-likeness (QED) is 0.708. The largest absolute Gasteiger partial charge is 0.465 e. The van der Waals surface area contributed by atoms with Gasteiger partial charge in [-0.15, -0.1) is 0 Å². The van der Waals surface area contributed by atoms with Crippen LogP contribution in [0.1, 0.15) is 27.2 Å². The topological polar surface area (TPSA) is 52.6 Å². The number of nitrogens with zero attached hydrogens (tertiary/aromatic N) is 1. The molecule has 14 heavy (non-hydrogen) atoms. The van der Waals surface area contributed by atoms with Gasteiger partial charge in [0, 0.05) is 19.1 Å². The third-order valence-corrected chi connectivity index (χ3v) is 2.37. The van der Waals surface area contributed by atoms with E-state index < -0.39 is 6.09 Å². The highest BCUT2D eigenvalue weighted by Gasteiger charge is 2.29. The lowest BCUT2D eigenvalue weighted by atomic mass is 9.95. The van der Waals surface area contributed by atoms with Gasteiger partial charge in [0.1, 0.15) is 0 Å². The van der Waals surface area contributed by atoms with Gasteiger partial charge >= 0.3 is 6.09 Å². The summed E-state index contributed by atoms with van der Waals surface area (Å²) >= 11 is 0. The molecule has 2 N–H and O–H groups in total. The summed E-state index contributed by atoms with van der Waals surface area (Å²) in [6.07, 6.45) is 0.135. The molecule has 0 aliphatic carbocycles. The molecule has 0 spiro atoms. The number of hydrogen-bond donors (Lipinski definition) is 2. The first-order valence-electron chi connectivity index (χ1n) is 5.10. The van der Waals surface area contributed by atoms with Crippen molar-refractivity contribution in [2.24, 2.45) is 5.41 Å². The summed E-state index contributed by atoms with van der Waals surface area (Å²) in [6, 6.07) is 0.159. The number of carbonyl (C=O) groups is 1. The first-order valence-corrected chi connectivity index (χ1v) is 5.10. The predicted molar refractivity (Wildman–Crippen MR) is 55.5 cm³/mol. The fourth-order valence-electron chi connectivity index (χ4n) is 1.77. The minimum absolute atomic E-state index is 0.0288. The van der Waals surface area contributed by atoms with Crippen LogP contribution < -0.4 is 5.32 Å². The highest BCUT2D eigenvalue weighted by atomic mass is 16.4. The molecular weight excluding hydrogens is 180 g/mol. The second-order valence-corrected chi connectivity index (χ2v) is 5.12. The Kier molecular flexibility index (Phi) is 3.37. The molecule has 1 fully saturated rings. The molecule has 82 valence electrons. The van der Waals surface area contributed by atoms with Crippen molar-refractivity contribution >= 4 is 6.09 Å². The molecule has 1 atom stereocenters. The number of nitrogens with one attached hydrogen (secondary N) is 1. The summed E-state index contributed by atoms with van der Waals surface area (Å²) in [4.78, 5) is 12.6. The van der Waals surface area contributed by atoms with Crippen LogP contribution in [0, 0.1) is 5.41 Å². The van der Waals surface area contributed by atoms with E-state index in [0.29, 0.717) is 6.54 Å². The van der Waals surface area contributed by atoms with Crippen LogP contribution in [0.5, 0.6) is 0 Å². The van der Waals surface area contributed by atoms with Crippen molar-refractivity contribution in [1.82, 2.24) is 10.2 Å². The molecule has 0 aromatic heterocycles. The van der Waals surface area contributed by atoms with E-state index in [1.54, 1.807) is 4.90 Å². The number of amides is 1. The molecule has 0 saturated carbocycles. The highest BCUT2D eigenvalue weighted by molar-refractivity contribution is 5.65. The monoisotopic (exact) mass is 200 g/mol. The van der Waals surface area contributed by atoms with E-state index in [-0.39, 0.29) is 11.5 Å². The van der Waals surface area contributed by atoms with Crippen molar-refractivity contribution in [3.63, 3.8) is 0 Å². The number of hydrogen-bond acceptors (Lipinski definition) is 2. The maximum Gasteiger partial charge on any atom is 0.407 e. The Hall–Kier alpha value is -0.770. The summed E-state index contributed by atoms with van der Waals surface area (Å²) in [5, 5.41) is 12.3. The van der Waals surface area contributed by atoms with E-state index in [2.05, 4.69) is 26.1 Å². The van der Waals surface area contributed by atoms with Gasteiger partial charge in [-0.2, -0.15) is 0 Å². The second kappa shape index (κ2) is 4.17. The average molecular weight is 200 g/mol. The van der Waals surface area contributed by atoms with Crippen LogP contribution in [-0.2, 0) is 0 Å². The summed E-state index contributed by atoms with van der Waals surface area (Å²) in [7, 11) is 0. The Labute approximate surface area is 85.3 Å². The van der Waals surface area contributed by atoms with Gasteiger partial charge in [-0.1, -0.05) is 20.8 Å². The molecule has 1 saturated heterocycles. The molecule has 4 nitrogen and oxygen atoms in total. The SMILES string of the molecule is CC(C)(C)CN(C(=O)O)[C@@H]1CCNC1. The zero-order chi connectivity index (χ0) is 10.8. The first-order chi connectivity index (χ1) is 6.40. The van der Waals surface area contributed by atoms with Crippen LogP contribution in [0.3, 0.4) is 0 Å². The maximum atomic E-state index is 11.1. The molecule has 1 aliphatic heterocycles. The Morgan fingerprint density at radius 2 is 2.21 bits per heavy atom. The fourth-order valence-corrected chi connectivity index (χ4v) is 1.77. The molecule has 0 radical (unpaired) electrons. The molecule has 0 aromatic carbocycles. The molecule has 4 heteroatoms. The van der Waals surface area contributed by atoms with E-state index >= 15 is 0 Å². The lowest BCUT2D eigenvalue weighted by Gasteiger charge is -2.31. The van der Waals surface area contributed by atoms with Crippen molar-refractivity contribution < 1.29 is 9.90 Å². The fraction of sp³-hybridized carbons (Fsp3) is 0.900. The third kappa shape index (κ3) is 3.18. The molecule has 0 aromatic rings. The highest BCUT2D eigenvalue weighted by Crippen LogP contribution is 2.19. The van der Waals surface area contributed by atoms with E-state index in [9.17, 15) is 4.79 Å². The standard InChI is InChI=1S/C10H20N2O2/c1-10(2,3)7-12(9(13)14)8-4-5-11-6-8/h8,11H,4-7H2,1-3H3,(H,13,14)/t8-/m1/s1. The van der Waals surface area contributed by atoms with Gasteiger partial charge in [-0.3, -0.25) is 0 Å². The maximum absolute atomic E-state index is 11.1. The molecular formula is C10H20N2O2. The predicted octanol–water partition coefficient (Wildman–Crippen LogP) is 1.37. The van der Waals surface area contributed by atoms with Crippen molar-refractivity contribution in [2.75, 3.05) is 19.6 Å². The van der Waals surface area contributed by atoms with Gasteiger partial charge < -0.3 is 15.3 Å². The average Bonchev–Trinajstić information content (AvgIpc) is 2.49. The third-order valence-electron chi connectivity index (χ3n) is 2.37. The minimum atomic E-state index is -0.798. The Bertz CT molecular complexity index is 205. The Morgan fingerprint density at radius 1 is 1.57 bits per heavy atom. The van der Waals surface area contributed by atoms with Crippen LogP contribution in [0.4, 0.5) is 4.79 Å². The van der Waals surface area contributed by atoms with E-state index in [1.165, 1.54) is 0 Å². The van der Waals surface area contributed by atoms with E-state index in [0.717, 1.165) is 19.5 Å². The number of carboxylic acid groups (broad SMARTS) is 1. The Balaban J connectivity index is 2.59. The molecule has 0 unspecified atom stereocenters. The minimum Gasteiger partial charge on any atom is -0.465 e. The molecule has 1 aliphatic rings. The summed E-state index contributed by atoms with van der Waals surface area (Å²) < 4.78 is 0.